The second-order valence-corrected chi connectivity index (χ2v) is 8.65. The van der Waals surface area contributed by atoms with Crippen molar-refractivity contribution in [3.63, 3.8) is 0 Å². The van der Waals surface area contributed by atoms with Crippen molar-refractivity contribution in [2.24, 2.45) is 0 Å². The van der Waals surface area contributed by atoms with Gasteiger partial charge < -0.3 is 19.7 Å². The number of rotatable bonds is 5. The number of halogens is 2. The third-order valence-corrected chi connectivity index (χ3v) is 5.83. The maximum absolute atomic E-state index is 13.0. The van der Waals surface area contributed by atoms with Gasteiger partial charge in [-0.05, 0) is 37.6 Å². The fourth-order valence-corrected chi connectivity index (χ4v) is 4.14. The Kier molecular flexibility index (Phi) is 5.55. The molecule has 7 nitrogen and oxygen atoms in total. The zero-order valence-electron chi connectivity index (χ0n) is 18.5. The molecule has 3 heterocycles. The van der Waals surface area contributed by atoms with Gasteiger partial charge >= 0.3 is 6.61 Å². The molecule has 4 aromatic rings. The van der Waals surface area contributed by atoms with Crippen LogP contribution in [0.3, 0.4) is 0 Å². The first-order valence-electron chi connectivity index (χ1n) is 10.8. The minimum absolute atomic E-state index is 0.0156. The minimum Gasteiger partial charge on any atom is -0.434 e. The molecule has 0 bridgehead atoms. The Morgan fingerprint density at radius 2 is 1.82 bits per heavy atom. The number of hydrogen-bond donors (Lipinski definition) is 2. The Morgan fingerprint density at radius 1 is 1.09 bits per heavy atom. The van der Waals surface area contributed by atoms with Gasteiger partial charge in [0, 0.05) is 11.1 Å². The summed E-state index contributed by atoms with van der Waals surface area (Å²) in [7, 11) is 0. The second kappa shape index (κ2) is 8.43. The van der Waals surface area contributed by atoms with Gasteiger partial charge in [-0.3, -0.25) is 0 Å². The van der Waals surface area contributed by atoms with Gasteiger partial charge in [0.2, 0.25) is 0 Å². The minimum atomic E-state index is -2.99. The number of aliphatic hydroxyl groups is 2. The van der Waals surface area contributed by atoms with Gasteiger partial charge in [-0.15, -0.1) is 0 Å². The average molecular weight is 467 g/mol. The number of imidazole rings is 1. The smallest absolute Gasteiger partial charge is 0.387 e. The van der Waals surface area contributed by atoms with Crippen LogP contribution < -0.4 is 4.74 Å². The number of para-hydroxylation sites is 1. The van der Waals surface area contributed by atoms with Crippen molar-refractivity contribution in [3.8, 4) is 17.0 Å². The number of fused-ring (bicyclic) bond motifs is 3. The normalized spacial score (nSPS) is 18.3. The van der Waals surface area contributed by atoms with Crippen molar-refractivity contribution in [3.05, 3.63) is 83.2 Å². The molecule has 2 aromatic heterocycles. The molecule has 2 aromatic carbocycles. The Bertz CT molecular complexity index is 1330. The van der Waals surface area contributed by atoms with E-state index < -0.39 is 24.4 Å². The van der Waals surface area contributed by atoms with E-state index in [1.165, 1.54) is 6.07 Å². The van der Waals surface area contributed by atoms with Crippen molar-refractivity contribution in [2.45, 2.75) is 38.3 Å². The topological polar surface area (TPSA) is 89.1 Å². The van der Waals surface area contributed by atoms with Crippen LogP contribution in [0.5, 0.6) is 5.75 Å². The third-order valence-electron chi connectivity index (χ3n) is 5.83. The second-order valence-electron chi connectivity index (χ2n) is 8.65. The van der Waals surface area contributed by atoms with Crippen LogP contribution in [-0.2, 0) is 10.3 Å². The fourth-order valence-electron chi connectivity index (χ4n) is 4.14. The number of ether oxygens (including phenoxy) is 2. The molecule has 0 saturated carbocycles. The van der Waals surface area contributed by atoms with Crippen LogP contribution in [0.25, 0.3) is 16.9 Å². The van der Waals surface area contributed by atoms with E-state index in [2.05, 4.69) is 4.98 Å². The largest absolute Gasteiger partial charge is 0.434 e. The number of alkyl halides is 2. The first-order chi connectivity index (χ1) is 16.2. The van der Waals surface area contributed by atoms with Gasteiger partial charge in [0.25, 0.3) is 0 Å². The molecule has 0 unspecified atom stereocenters. The summed E-state index contributed by atoms with van der Waals surface area (Å²) in [4.78, 5) is 4.53. The highest BCUT2D eigenvalue weighted by molar-refractivity contribution is 5.61. The first kappa shape index (κ1) is 22.4. The molecule has 2 atom stereocenters. The lowest BCUT2D eigenvalue weighted by Crippen LogP contribution is -2.24. The Labute approximate surface area is 194 Å². The van der Waals surface area contributed by atoms with E-state index >= 15 is 0 Å². The summed E-state index contributed by atoms with van der Waals surface area (Å²) >= 11 is 0. The Balaban J connectivity index is 1.63. The number of benzene rings is 2. The van der Waals surface area contributed by atoms with E-state index in [1.807, 2.05) is 30.3 Å². The number of aliphatic hydroxyl groups excluding tert-OH is 1. The third kappa shape index (κ3) is 4.02. The van der Waals surface area contributed by atoms with Crippen molar-refractivity contribution in [1.82, 2.24) is 14.6 Å². The summed E-state index contributed by atoms with van der Waals surface area (Å²) in [5.41, 5.74) is 2.96. The summed E-state index contributed by atoms with van der Waals surface area (Å²) in [6.45, 7) is 0.389. The van der Waals surface area contributed by atoms with Gasteiger partial charge in [0.1, 0.15) is 23.7 Å². The molecule has 176 valence electrons. The van der Waals surface area contributed by atoms with Crippen molar-refractivity contribution in [1.29, 1.82) is 0 Å². The molecule has 0 saturated heterocycles. The molecular formula is C25H23F2N3O4. The van der Waals surface area contributed by atoms with Crippen LogP contribution in [0, 0.1) is 0 Å². The predicted molar refractivity (Wildman–Crippen MR) is 119 cm³/mol. The highest BCUT2D eigenvalue weighted by Crippen LogP contribution is 2.40. The van der Waals surface area contributed by atoms with Crippen LogP contribution in [0.4, 0.5) is 8.78 Å². The number of hydrogen-bond acceptors (Lipinski definition) is 6. The summed E-state index contributed by atoms with van der Waals surface area (Å²) in [6.07, 6.45) is -1.80. The van der Waals surface area contributed by atoms with Gasteiger partial charge in [-0.2, -0.15) is 13.9 Å². The molecule has 1 aliphatic rings. The van der Waals surface area contributed by atoms with Crippen LogP contribution in [0.2, 0.25) is 0 Å². The quantitative estimate of drug-likeness (QED) is 0.453. The molecule has 0 amide bonds. The van der Waals surface area contributed by atoms with Crippen LogP contribution in [0.15, 0.2) is 60.7 Å². The van der Waals surface area contributed by atoms with Crippen LogP contribution >= 0.6 is 0 Å². The molecule has 34 heavy (non-hydrogen) atoms. The Hall–Kier alpha value is -3.40. The lowest BCUT2D eigenvalue weighted by atomic mass is 9.97. The number of nitrogens with zero attached hydrogens (tertiary/aromatic N) is 3. The van der Waals surface area contributed by atoms with E-state index in [9.17, 15) is 19.0 Å². The first-order valence-corrected chi connectivity index (χ1v) is 10.8. The molecule has 0 aliphatic carbocycles. The van der Waals surface area contributed by atoms with Crippen molar-refractivity contribution < 1.29 is 28.5 Å². The Morgan fingerprint density at radius 3 is 2.53 bits per heavy atom. The van der Waals surface area contributed by atoms with E-state index in [1.54, 1.807) is 42.6 Å². The monoisotopic (exact) mass is 467 g/mol. The summed E-state index contributed by atoms with van der Waals surface area (Å²) in [5.74, 6) is -0.0156. The molecule has 0 radical (unpaired) electrons. The molecule has 5 rings (SSSR count). The average Bonchev–Trinajstić information content (AvgIpc) is 3.19. The summed E-state index contributed by atoms with van der Waals surface area (Å²) in [5, 5.41) is 25.5. The predicted octanol–water partition coefficient (Wildman–Crippen LogP) is 4.38. The zero-order valence-corrected chi connectivity index (χ0v) is 18.5. The van der Waals surface area contributed by atoms with Crippen molar-refractivity contribution in [2.75, 3.05) is 6.61 Å². The SMILES string of the molecule is CC(C)(O)c1ccc(-c2ccc3nc4c(n3n2)[C@H](c2ccccc2OC(F)F)OC[C@H]4O)cc1. The molecule has 0 spiro atoms. The lowest BCUT2D eigenvalue weighted by Gasteiger charge is -2.27. The summed E-state index contributed by atoms with van der Waals surface area (Å²) < 4.78 is 38.2. The van der Waals surface area contributed by atoms with E-state index in [0.29, 0.717) is 28.3 Å². The van der Waals surface area contributed by atoms with Gasteiger partial charge in [0.15, 0.2) is 5.65 Å². The maximum atomic E-state index is 13.0. The van der Waals surface area contributed by atoms with Gasteiger partial charge in [0.05, 0.1) is 23.6 Å². The van der Waals surface area contributed by atoms with Gasteiger partial charge in [-0.25, -0.2) is 9.50 Å². The van der Waals surface area contributed by atoms with E-state index in [0.717, 1.165) is 11.1 Å². The van der Waals surface area contributed by atoms with Crippen LogP contribution in [0.1, 0.15) is 48.6 Å². The summed E-state index contributed by atoms with van der Waals surface area (Å²) in [6, 6.07) is 17.4. The van der Waals surface area contributed by atoms with Crippen molar-refractivity contribution >= 4 is 5.65 Å². The van der Waals surface area contributed by atoms with Crippen LogP contribution in [-0.4, -0.2) is 38.0 Å². The zero-order chi connectivity index (χ0) is 24.0. The highest BCUT2D eigenvalue weighted by Gasteiger charge is 2.35. The lowest BCUT2D eigenvalue weighted by molar-refractivity contribution is -0.0549. The number of aromatic nitrogens is 3. The van der Waals surface area contributed by atoms with E-state index in [-0.39, 0.29) is 12.4 Å². The molecular weight excluding hydrogens is 444 g/mol. The molecule has 0 fully saturated rings. The molecule has 2 N–H and O–H groups in total. The maximum Gasteiger partial charge on any atom is 0.387 e. The fraction of sp³-hybridized carbons (Fsp3) is 0.280. The molecule has 9 heteroatoms. The van der Waals surface area contributed by atoms with E-state index in [4.69, 9.17) is 14.6 Å². The highest BCUT2D eigenvalue weighted by atomic mass is 19.3. The standard InChI is InChI=1S/C25H23F2N3O4/c1-25(2,32)15-9-7-14(8-10-15)17-11-12-20-28-21-18(31)13-33-23(22(21)30(20)29-17)16-5-3-4-6-19(16)34-24(26)27/h3-12,18,23-24,31-32H,13H2,1-2H3/t18-,23+/m1/s1. The molecule has 1 aliphatic heterocycles. The van der Waals surface area contributed by atoms with Gasteiger partial charge in [-0.1, -0.05) is 42.5 Å².